The number of carbonyl (C=O) groups excluding carboxylic acids is 2. The summed E-state index contributed by atoms with van der Waals surface area (Å²) in [5.74, 6) is 0.330. The Bertz CT molecular complexity index is 502. The first-order valence-electron chi connectivity index (χ1n) is 7.20. The molecule has 1 fully saturated rings. The number of anilines is 1. The van der Waals surface area contributed by atoms with E-state index in [0.29, 0.717) is 28.8 Å². The largest absolute Gasteiger partial charge is 0.366 e. The van der Waals surface area contributed by atoms with E-state index in [4.69, 9.17) is 5.73 Å². The van der Waals surface area contributed by atoms with Gasteiger partial charge < -0.3 is 11.1 Å². The van der Waals surface area contributed by atoms with Gasteiger partial charge in [0.1, 0.15) is 5.00 Å². The normalized spacial score (nSPS) is 15.8. The Labute approximate surface area is 123 Å². The SMILES string of the molecule is CC(C)c1cc(C(N)=O)c(NC(=O)CC2CCCC2)s1. The van der Waals surface area contributed by atoms with Crippen molar-refractivity contribution in [1.82, 2.24) is 0 Å². The summed E-state index contributed by atoms with van der Waals surface area (Å²) in [6, 6.07) is 1.79. The van der Waals surface area contributed by atoms with E-state index in [1.54, 1.807) is 6.07 Å². The van der Waals surface area contributed by atoms with Gasteiger partial charge in [0.15, 0.2) is 0 Å². The molecule has 0 aliphatic heterocycles. The first kappa shape index (κ1) is 15.0. The summed E-state index contributed by atoms with van der Waals surface area (Å²) < 4.78 is 0. The number of primary amides is 1. The highest BCUT2D eigenvalue weighted by molar-refractivity contribution is 7.16. The van der Waals surface area contributed by atoms with Crippen LogP contribution in [0, 0.1) is 5.92 Å². The minimum Gasteiger partial charge on any atom is -0.366 e. The van der Waals surface area contributed by atoms with Crippen LogP contribution in [0.3, 0.4) is 0 Å². The number of rotatable bonds is 5. The quantitative estimate of drug-likeness (QED) is 0.872. The third kappa shape index (κ3) is 3.60. The van der Waals surface area contributed by atoms with Gasteiger partial charge in [-0.3, -0.25) is 9.59 Å². The minimum absolute atomic E-state index is 0.00319. The van der Waals surface area contributed by atoms with Crippen LogP contribution < -0.4 is 11.1 Å². The summed E-state index contributed by atoms with van der Waals surface area (Å²) >= 11 is 1.45. The Hall–Kier alpha value is -1.36. The van der Waals surface area contributed by atoms with E-state index in [1.807, 2.05) is 0 Å². The van der Waals surface area contributed by atoms with Crippen LogP contribution in [0.1, 0.15) is 67.1 Å². The van der Waals surface area contributed by atoms with Gasteiger partial charge in [0.05, 0.1) is 5.56 Å². The zero-order valence-corrected chi connectivity index (χ0v) is 12.9. The van der Waals surface area contributed by atoms with Gasteiger partial charge in [0.25, 0.3) is 5.91 Å². The third-order valence-electron chi connectivity index (χ3n) is 3.79. The maximum atomic E-state index is 12.1. The van der Waals surface area contributed by atoms with Gasteiger partial charge >= 0.3 is 0 Å². The molecule has 4 nitrogen and oxygen atoms in total. The number of amides is 2. The molecule has 5 heteroatoms. The molecule has 1 aromatic rings. The van der Waals surface area contributed by atoms with Crippen molar-refractivity contribution in [2.45, 2.75) is 51.9 Å². The molecule has 3 N–H and O–H groups in total. The molecule has 0 atom stereocenters. The second-order valence-corrected chi connectivity index (χ2v) is 6.90. The molecule has 0 radical (unpaired) electrons. The Morgan fingerprint density at radius 2 is 2.05 bits per heavy atom. The van der Waals surface area contributed by atoms with Crippen LogP contribution in [-0.4, -0.2) is 11.8 Å². The average Bonchev–Trinajstić information content (AvgIpc) is 2.98. The molecule has 1 aliphatic carbocycles. The van der Waals surface area contributed by atoms with Crippen molar-refractivity contribution in [3.63, 3.8) is 0 Å². The first-order chi connectivity index (χ1) is 9.47. The number of nitrogens with two attached hydrogens (primary N) is 1. The second-order valence-electron chi connectivity index (χ2n) is 5.81. The molecular weight excluding hydrogens is 272 g/mol. The fourth-order valence-corrected chi connectivity index (χ4v) is 3.71. The zero-order valence-electron chi connectivity index (χ0n) is 12.1. The summed E-state index contributed by atoms with van der Waals surface area (Å²) in [7, 11) is 0. The second kappa shape index (κ2) is 6.39. The van der Waals surface area contributed by atoms with Crippen LogP contribution in [0.4, 0.5) is 5.00 Å². The van der Waals surface area contributed by atoms with Crippen LogP contribution in [0.5, 0.6) is 0 Å². The van der Waals surface area contributed by atoms with Crippen LogP contribution >= 0.6 is 11.3 Å². The van der Waals surface area contributed by atoms with E-state index in [9.17, 15) is 9.59 Å². The number of carbonyl (C=O) groups is 2. The lowest BCUT2D eigenvalue weighted by molar-refractivity contribution is -0.117. The Kier molecular flexibility index (Phi) is 4.81. The number of hydrogen-bond acceptors (Lipinski definition) is 3. The molecule has 0 aromatic carbocycles. The summed E-state index contributed by atoms with van der Waals surface area (Å²) in [4.78, 5) is 24.6. The summed E-state index contributed by atoms with van der Waals surface area (Å²) in [6.07, 6.45) is 5.27. The summed E-state index contributed by atoms with van der Waals surface area (Å²) in [5, 5.41) is 3.47. The standard InChI is InChI=1S/C15H22N2O2S/c1-9(2)12-8-11(14(16)19)15(20-12)17-13(18)7-10-5-3-4-6-10/h8-10H,3-7H2,1-2H3,(H2,16,19)(H,17,18). The van der Waals surface area contributed by atoms with Gasteiger partial charge in [0.2, 0.25) is 5.91 Å². The van der Waals surface area contributed by atoms with Crippen LogP contribution in [0.25, 0.3) is 0 Å². The first-order valence-corrected chi connectivity index (χ1v) is 8.02. The lowest BCUT2D eigenvalue weighted by Gasteiger charge is -2.09. The molecule has 0 spiro atoms. The minimum atomic E-state index is -0.482. The lowest BCUT2D eigenvalue weighted by Crippen LogP contribution is -2.18. The molecule has 0 unspecified atom stereocenters. The van der Waals surface area contributed by atoms with Crippen LogP contribution in [0.15, 0.2) is 6.07 Å². The van der Waals surface area contributed by atoms with E-state index in [-0.39, 0.29) is 5.91 Å². The van der Waals surface area contributed by atoms with Crippen LogP contribution in [-0.2, 0) is 4.79 Å². The van der Waals surface area contributed by atoms with E-state index in [2.05, 4.69) is 19.2 Å². The summed E-state index contributed by atoms with van der Waals surface area (Å²) in [6.45, 7) is 4.11. The fraction of sp³-hybridized carbons (Fsp3) is 0.600. The maximum absolute atomic E-state index is 12.1. The number of hydrogen-bond donors (Lipinski definition) is 2. The predicted octanol–water partition coefficient (Wildman–Crippen LogP) is 3.49. The van der Waals surface area contributed by atoms with E-state index in [1.165, 1.54) is 24.2 Å². The van der Waals surface area contributed by atoms with E-state index >= 15 is 0 Å². The zero-order chi connectivity index (χ0) is 14.7. The molecule has 1 saturated carbocycles. The Morgan fingerprint density at radius 3 is 2.60 bits per heavy atom. The van der Waals surface area contributed by atoms with Gasteiger partial charge in [-0.15, -0.1) is 11.3 Å². The van der Waals surface area contributed by atoms with Gasteiger partial charge in [-0.1, -0.05) is 26.7 Å². The summed E-state index contributed by atoms with van der Waals surface area (Å²) in [5.41, 5.74) is 5.81. The molecule has 1 heterocycles. The van der Waals surface area contributed by atoms with Gasteiger partial charge in [0, 0.05) is 11.3 Å². The van der Waals surface area contributed by atoms with Gasteiger partial charge in [-0.25, -0.2) is 0 Å². The van der Waals surface area contributed by atoms with Crippen molar-refractivity contribution in [3.05, 3.63) is 16.5 Å². The lowest BCUT2D eigenvalue weighted by atomic mass is 10.0. The van der Waals surface area contributed by atoms with Crippen molar-refractivity contribution in [1.29, 1.82) is 0 Å². The molecule has 110 valence electrons. The molecule has 2 amide bonds. The van der Waals surface area contributed by atoms with Gasteiger partial charge in [-0.05, 0) is 30.7 Å². The Balaban J connectivity index is 2.06. The van der Waals surface area contributed by atoms with E-state index < -0.39 is 5.91 Å². The molecule has 1 aliphatic rings. The molecule has 1 aromatic heterocycles. The number of nitrogens with one attached hydrogen (secondary N) is 1. The van der Waals surface area contributed by atoms with E-state index in [0.717, 1.165) is 17.7 Å². The molecule has 0 saturated heterocycles. The molecule has 20 heavy (non-hydrogen) atoms. The van der Waals surface area contributed by atoms with Crippen molar-refractivity contribution in [3.8, 4) is 0 Å². The smallest absolute Gasteiger partial charge is 0.251 e. The van der Waals surface area contributed by atoms with Crippen molar-refractivity contribution in [2.24, 2.45) is 11.7 Å². The monoisotopic (exact) mass is 294 g/mol. The molecule has 0 bridgehead atoms. The predicted molar refractivity (Wildman–Crippen MR) is 82.1 cm³/mol. The maximum Gasteiger partial charge on any atom is 0.251 e. The Morgan fingerprint density at radius 1 is 1.40 bits per heavy atom. The topological polar surface area (TPSA) is 72.2 Å². The highest BCUT2D eigenvalue weighted by Gasteiger charge is 2.21. The average molecular weight is 294 g/mol. The van der Waals surface area contributed by atoms with Gasteiger partial charge in [-0.2, -0.15) is 0 Å². The van der Waals surface area contributed by atoms with Crippen molar-refractivity contribution >= 4 is 28.2 Å². The molecule has 2 rings (SSSR count). The van der Waals surface area contributed by atoms with Crippen molar-refractivity contribution < 1.29 is 9.59 Å². The fourth-order valence-electron chi connectivity index (χ4n) is 2.62. The number of thiophene rings is 1. The third-order valence-corrected chi connectivity index (χ3v) is 5.14. The highest BCUT2D eigenvalue weighted by Crippen LogP contribution is 2.33. The highest BCUT2D eigenvalue weighted by atomic mass is 32.1. The van der Waals surface area contributed by atoms with Crippen LogP contribution in [0.2, 0.25) is 0 Å². The molecular formula is C15H22N2O2S. The van der Waals surface area contributed by atoms with Crippen molar-refractivity contribution in [2.75, 3.05) is 5.32 Å².